The van der Waals surface area contributed by atoms with Gasteiger partial charge in [-0.3, -0.25) is 0 Å². The van der Waals surface area contributed by atoms with Crippen LogP contribution in [0.4, 0.5) is 11.4 Å². The molecule has 0 fully saturated rings. The molecule has 1 rings (SSSR count). The summed E-state index contributed by atoms with van der Waals surface area (Å²) in [5.74, 6) is 0. The highest BCUT2D eigenvalue weighted by molar-refractivity contribution is 5.57. The Balaban J connectivity index is 2.78. The number of nitrogens with one attached hydrogen (secondary N) is 1. The topological polar surface area (TPSA) is 38.0 Å². The van der Waals surface area contributed by atoms with Crippen LogP contribution in [0.3, 0.4) is 0 Å². The Bertz CT molecular complexity index is 279. The summed E-state index contributed by atoms with van der Waals surface area (Å²) in [5.41, 5.74) is 8.69. The van der Waals surface area contributed by atoms with E-state index in [9.17, 15) is 0 Å². The molecule has 0 aromatic heterocycles. The van der Waals surface area contributed by atoms with Gasteiger partial charge in [0.1, 0.15) is 0 Å². The van der Waals surface area contributed by atoms with Crippen LogP contribution >= 0.6 is 0 Å². The van der Waals surface area contributed by atoms with E-state index in [1.54, 1.807) is 0 Å². The molecule has 0 atom stereocenters. The van der Waals surface area contributed by atoms with Crippen molar-refractivity contribution < 1.29 is 0 Å². The summed E-state index contributed by atoms with van der Waals surface area (Å²) in [5, 5.41) is 3.22. The van der Waals surface area contributed by atoms with Crippen LogP contribution < -0.4 is 11.1 Å². The van der Waals surface area contributed by atoms with Crippen LogP contribution in [0.25, 0.3) is 0 Å². The van der Waals surface area contributed by atoms with Crippen molar-refractivity contribution in [3.05, 3.63) is 36.4 Å². The van der Waals surface area contributed by atoms with Gasteiger partial charge < -0.3 is 11.1 Å². The molecule has 2 heteroatoms. The van der Waals surface area contributed by atoms with Gasteiger partial charge in [-0.25, -0.2) is 0 Å². The number of anilines is 2. The molecule has 0 saturated heterocycles. The van der Waals surface area contributed by atoms with Gasteiger partial charge in [0, 0.05) is 17.9 Å². The highest BCUT2D eigenvalue weighted by atomic mass is 14.9. The van der Waals surface area contributed by atoms with Crippen molar-refractivity contribution in [2.75, 3.05) is 17.6 Å². The number of benzene rings is 1. The molecule has 2 nitrogen and oxygen atoms in total. The van der Waals surface area contributed by atoms with Crippen molar-refractivity contribution >= 4 is 11.4 Å². The Kier molecular flexibility index (Phi) is 2.75. The van der Waals surface area contributed by atoms with Crippen molar-refractivity contribution in [3.63, 3.8) is 0 Å². The normalized spacial score (nSPS) is 9.42. The molecule has 0 saturated carbocycles. The van der Waals surface area contributed by atoms with E-state index in [0.29, 0.717) is 0 Å². The predicted octanol–water partition coefficient (Wildman–Crippen LogP) is 2.18. The molecule has 0 radical (unpaired) electrons. The highest BCUT2D eigenvalue weighted by Crippen LogP contribution is 2.16. The smallest absolute Gasteiger partial charge is 0.0373 e. The van der Waals surface area contributed by atoms with E-state index >= 15 is 0 Å². The summed E-state index contributed by atoms with van der Waals surface area (Å²) in [6, 6.07) is 5.82. The largest absolute Gasteiger partial charge is 0.399 e. The average molecular weight is 162 g/mol. The SMILES string of the molecule is C=CCNc1ccc(N)cc1C. The van der Waals surface area contributed by atoms with Gasteiger partial charge in [-0.1, -0.05) is 6.08 Å². The Morgan fingerprint density at radius 3 is 2.92 bits per heavy atom. The molecule has 1 aromatic carbocycles. The zero-order chi connectivity index (χ0) is 8.97. The standard InChI is InChI=1S/C10H14N2/c1-3-6-12-10-5-4-9(11)7-8(10)2/h3-5,7,12H,1,6,11H2,2H3. The second-order valence-corrected chi connectivity index (χ2v) is 2.74. The number of nitrogens with two attached hydrogens (primary N) is 1. The molecule has 0 spiro atoms. The minimum atomic E-state index is 0.782. The molecule has 0 aliphatic heterocycles. The van der Waals surface area contributed by atoms with Crippen LogP contribution in [-0.2, 0) is 0 Å². The lowest BCUT2D eigenvalue weighted by molar-refractivity contribution is 1.31. The lowest BCUT2D eigenvalue weighted by Crippen LogP contribution is -2.00. The minimum Gasteiger partial charge on any atom is -0.399 e. The fourth-order valence-electron chi connectivity index (χ4n) is 1.07. The Morgan fingerprint density at radius 2 is 2.33 bits per heavy atom. The van der Waals surface area contributed by atoms with Crippen LogP contribution in [0.5, 0.6) is 0 Å². The summed E-state index contributed by atoms with van der Waals surface area (Å²) >= 11 is 0. The maximum atomic E-state index is 5.61. The minimum absolute atomic E-state index is 0.782. The summed E-state index contributed by atoms with van der Waals surface area (Å²) in [6.07, 6.45) is 1.83. The van der Waals surface area contributed by atoms with Crippen LogP contribution in [0, 0.1) is 6.92 Å². The molecular formula is C10H14N2. The lowest BCUT2D eigenvalue weighted by Gasteiger charge is -2.07. The zero-order valence-corrected chi connectivity index (χ0v) is 7.30. The number of hydrogen-bond donors (Lipinski definition) is 2. The van der Waals surface area contributed by atoms with Gasteiger partial charge in [-0.15, -0.1) is 6.58 Å². The molecule has 12 heavy (non-hydrogen) atoms. The molecule has 0 amide bonds. The van der Waals surface area contributed by atoms with Gasteiger partial charge in [0.25, 0.3) is 0 Å². The first-order chi connectivity index (χ1) is 5.74. The van der Waals surface area contributed by atoms with Crippen LogP contribution in [-0.4, -0.2) is 6.54 Å². The predicted molar refractivity (Wildman–Crippen MR) is 54.3 cm³/mol. The van der Waals surface area contributed by atoms with Gasteiger partial charge in [0.05, 0.1) is 0 Å². The van der Waals surface area contributed by atoms with E-state index in [1.807, 2.05) is 31.2 Å². The number of nitrogen functional groups attached to an aromatic ring is 1. The Morgan fingerprint density at radius 1 is 1.58 bits per heavy atom. The average Bonchev–Trinajstić information content (AvgIpc) is 2.03. The summed E-state index contributed by atoms with van der Waals surface area (Å²) < 4.78 is 0. The fourth-order valence-corrected chi connectivity index (χ4v) is 1.07. The van der Waals surface area contributed by atoms with E-state index in [1.165, 1.54) is 0 Å². The lowest BCUT2D eigenvalue weighted by atomic mass is 10.2. The van der Waals surface area contributed by atoms with E-state index in [4.69, 9.17) is 5.73 Å². The molecule has 64 valence electrons. The third-order valence-electron chi connectivity index (χ3n) is 1.69. The second-order valence-electron chi connectivity index (χ2n) is 2.74. The summed E-state index contributed by atoms with van der Waals surface area (Å²) in [7, 11) is 0. The first-order valence-corrected chi connectivity index (χ1v) is 3.95. The molecule has 0 aliphatic carbocycles. The quantitative estimate of drug-likeness (QED) is 0.528. The number of hydrogen-bond acceptors (Lipinski definition) is 2. The van der Waals surface area contributed by atoms with E-state index in [0.717, 1.165) is 23.5 Å². The summed E-state index contributed by atoms with van der Waals surface area (Å²) in [6.45, 7) is 6.45. The van der Waals surface area contributed by atoms with Gasteiger partial charge in [0.15, 0.2) is 0 Å². The fraction of sp³-hybridized carbons (Fsp3) is 0.200. The van der Waals surface area contributed by atoms with Gasteiger partial charge in [-0.2, -0.15) is 0 Å². The van der Waals surface area contributed by atoms with Crippen LogP contribution in [0.1, 0.15) is 5.56 Å². The molecule has 1 aromatic rings. The Labute approximate surface area is 73.1 Å². The maximum absolute atomic E-state index is 5.61. The molecule has 0 heterocycles. The third-order valence-corrected chi connectivity index (χ3v) is 1.69. The van der Waals surface area contributed by atoms with E-state index < -0.39 is 0 Å². The van der Waals surface area contributed by atoms with Gasteiger partial charge >= 0.3 is 0 Å². The van der Waals surface area contributed by atoms with Crippen molar-refractivity contribution in [3.8, 4) is 0 Å². The van der Waals surface area contributed by atoms with Crippen molar-refractivity contribution in [2.24, 2.45) is 0 Å². The molecule has 3 N–H and O–H groups in total. The molecule has 0 bridgehead atoms. The first kappa shape index (κ1) is 8.65. The van der Waals surface area contributed by atoms with Crippen molar-refractivity contribution in [1.29, 1.82) is 0 Å². The Hall–Kier alpha value is -1.44. The highest BCUT2D eigenvalue weighted by Gasteiger charge is 1.95. The zero-order valence-electron chi connectivity index (χ0n) is 7.30. The van der Waals surface area contributed by atoms with Crippen molar-refractivity contribution in [1.82, 2.24) is 0 Å². The monoisotopic (exact) mass is 162 g/mol. The van der Waals surface area contributed by atoms with Crippen LogP contribution in [0.2, 0.25) is 0 Å². The van der Waals surface area contributed by atoms with E-state index in [2.05, 4.69) is 11.9 Å². The number of rotatable bonds is 3. The molecule has 0 unspecified atom stereocenters. The van der Waals surface area contributed by atoms with E-state index in [-0.39, 0.29) is 0 Å². The van der Waals surface area contributed by atoms with Crippen molar-refractivity contribution in [2.45, 2.75) is 6.92 Å². The molecular weight excluding hydrogens is 148 g/mol. The summed E-state index contributed by atoms with van der Waals surface area (Å²) in [4.78, 5) is 0. The van der Waals surface area contributed by atoms with Gasteiger partial charge in [0.2, 0.25) is 0 Å². The second kappa shape index (κ2) is 3.81. The van der Waals surface area contributed by atoms with Gasteiger partial charge in [-0.05, 0) is 30.7 Å². The van der Waals surface area contributed by atoms with Crippen LogP contribution in [0.15, 0.2) is 30.9 Å². The number of aryl methyl sites for hydroxylation is 1. The molecule has 0 aliphatic rings. The third kappa shape index (κ3) is 2.02. The maximum Gasteiger partial charge on any atom is 0.0373 e. The first-order valence-electron chi connectivity index (χ1n) is 3.95.